The summed E-state index contributed by atoms with van der Waals surface area (Å²) in [6.45, 7) is 8.57. The summed E-state index contributed by atoms with van der Waals surface area (Å²) in [6.07, 6.45) is 3.52. The number of hydrogen-bond donors (Lipinski definition) is 1. The Kier molecular flexibility index (Phi) is 8.15. The summed E-state index contributed by atoms with van der Waals surface area (Å²) in [5.74, 6) is 1.70. The molecule has 0 aliphatic rings. The zero-order valence-electron chi connectivity index (χ0n) is 12.3. The lowest BCUT2D eigenvalue weighted by atomic mass is 10.00. The van der Waals surface area contributed by atoms with Crippen LogP contribution in [-0.4, -0.2) is 19.2 Å². The summed E-state index contributed by atoms with van der Waals surface area (Å²) in [7, 11) is 0. The Morgan fingerprint density at radius 2 is 1.89 bits per heavy atom. The molecule has 108 valence electrons. The van der Waals surface area contributed by atoms with Crippen molar-refractivity contribution in [2.75, 3.05) is 13.2 Å². The van der Waals surface area contributed by atoms with Crippen LogP contribution in [0.25, 0.3) is 0 Å². The first kappa shape index (κ1) is 16.5. The molecule has 1 N–H and O–H groups in total. The van der Waals surface area contributed by atoms with Crippen molar-refractivity contribution in [3.05, 3.63) is 28.7 Å². The maximum absolute atomic E-state index is 5.75. The third kappa shape index (κ3) is 7.58. The molecule has 0 amide bonds. The van der Waals surface area contributed by atoms with E-state index in [0.29, 0.717) is 6.04 Å². The van der Waals surface area contributed by atoms with Crippen molar-refractivity contribution in [2.45, 2.75) is 46.1 Å². The highest BCUT2D eigenvalue weighted by Gasteiger charge is 2.09. The summed E-state index contributed by atoms with van der Waals surface area (Å²) in [5, 5.41) is 3.56. The first-order valence-electron chi connectivity index (χ1n) is 7.23. The smallest absolute Gasteiger partial charge is 0.119 e. The second-order valence-corrected chi connectivity index (χ2v) is 6.24. The van der Waals surface area contributed by atoms with E-state index in [1.54, 1.807) is 0 Å². The molecular formula is C16H26BrNO. The van der Waals surface area contributed by atoms with Gasteiger partial charge in [0.05, 0.1) is 6.61 Å². The zero-order valence-corrected chi connectivity index (χ0v) is 13.9. The minimum Gasteiger partial charge on any atom is -0.494 e. The van der Waals surface area contributed by atoms with Crippen LogP contribution in [-0.2, 0) is 0 Å². The third-order valence-corrected chi connectivity index (χ3v) is 3.56. The summed E-state index contributed by atoms with van der Waals surface area (Å²) in [5.41, 5.74) is 0. The summed E-state index contributed by atoms with van der Waals surface area (Å²) in [6, 6.07) is 8.64. The predicted molar refractivity (Wildman–Crippen MR) is 85.8 cm³/mol. The lowest BCUT2D eigenvalue weighted by Crippen LogP contribution is -2.30. The molecule has 0 spiro atoms. The van der Waals surface area contributed by atoms with Crippen LogP contribution in [0.5, 0.6) is 5.75 Å². The molecule has 0 radical (unpaired) electrons. The molecule has 1 atom stereocenters. The van der Waals surface area contributed by atoms with E-state index in [4.69, 9.17) is 4.74 Å². The van der Waals surface area contributed by atoms with E-state index in [0.717, 1.165) is 35.7 Å². The van der Waals surface area contributed by atoms with Crippen molar-refractivity contribution in [2.24, 2.45) is 5.92 Å². The highest BCUT2D eigenvalue weighted by molar-refractivity contribution is 9.10. The molecule has 3 heteroatoms. The van der Waals surface area contributed by atoms with Gasteiger partial charge < -0.3 is 10.1 Å². The van der Waals surface area contributed by atoms with Gasteiger partial charge in [0, 0.05) is 10.5 Å². The Hall–Kier alpha value is -0.540. The molecule has 1 rings (SSSR count). The standard InChI is InChI=1S/C16H26BrNO/c1-4-18-15(12-13(2)3)6-5-11-19-16-9-7-14(17)8-10-16/h7-10,13,15,18H,4-6,11-12H2,1-3H3. The minimum atomic E-state index is 0.624. The number of ether oxygens (including phenoxy) is 1. The number of halogens is 1. The lowest BCUT2D eigenvalue weighted by molar-refractivity contribution is 0.288. The fraction of sp³-hybridized carbons (Fsp3) is 0.625. The van der Waals surface area contributed by atoms with Crippen LogP contribution in [0.3, 0.4) is 0 Å². The predicted octanol–water partition coefficient (Wildman–Crippen LogP) is 4.63. The molecule has 1 aromatic rings. The van der Waals surface area contributed by atoms with Gasteiger partial charge in [0.15, 0.2) is 0 Å². The van der Waals surface area contributed by atoms with Crippen LogP contribution < -0.4 is 10.1 Å². The fourth-order valence-corrected chi connectivity index (χ4v) is 2.48. The van der Waals surface area contributed by atoms with Crippen molar-refractivity contribution in [1.82, 2.24) is 5.32 Å². The van der Waals surface area contributed by atoms with Crippen LogP contribution in [0, 0.1) is 5.92 Å². The van der Waals surface area contributed by atoms with Crippen LogP contribution in [0.15, 0.2) is 28.7 Å². The minimum absolute atomic E-state index is 0.624. The van der Waals surface area contributed by atoms with E-state index in [-0.39, 0.29) is 0 Å². The van der Waals surface area contributed by atoms with Gasteiger partial charge in [0.2, 0.25) is 0 Å². The number of hydrogen-bond acceptors (Lipinski definition) is 2. The van der Waals surface area contributed by atoms with Crippen molar-refractivity contribution < 1.29 is 4.74 Å². The first-order valence-corrected chi connectivity index (χ1v) is 8.02. The molecule has 2 nitrogen and oxygen atoms in total. The van der Waals surface area contributed by atoms with Gasteiger partial charge in [-0.1, -0.05) is 36.7 Å². The zero-order chi connectivity index (χ0) is 14.1. The second-order valence-electron chi connectivity index (χ2n) is 5.33. The van der Waals surface area contributed by atoms with Crippen LogP contribution >= 0.6 is 15.9 Å². The van der Waals surface area contributed by atoms with Gasteiger partial charge in [-0.15, -0.1) is 0 Å². The molecule has 0 saturated carbocycles. The maximum atomic E-state index is 5.75. The first-order chi connectivity index (χ1) is 9.11. The molecule has 1 aromatic carbocycles. The SMILES string of the molecule is CCNC(CCCOc1ccc(Br)cc1)CC(C)C. The van der Waals surface area contributed by atoms with E-state index in [1.807, 2.05) is 24.3 Å². The molecule has 0 aromatic heterocycles. The molecular weight excluding hydrogens is 302 g/mol. The molecule has 0 aliphatic carbocycles. The lowest BCUT2D eigenvalue weighted by Gasteiger charge is -2.19. The van der Waals surface area contributed by atoms with E-state index in [1.165, 1.54) is 12.8 Å². The highest BCUT2D eigenvalue weighted by Crippen LogP contribution is 2.17. The number of rotatable bonds is 9. The molecule has 0 saturated heterocycles. The van der Waals surface area contributed by atoms with Gasteiger partial charge in [0.1, 0.15) is 5.75 Å². The van der Waals surface area contributed by atoms with Gasteiger partial charge in [-0.2, -0.15) is 0 Å². The van der Waals surface area contributed by atoms with Crippen LogP contribution in [0.4, 0.5) is 0 Å². The topological polar surface area (TPSA) is 21.3 Å². The Balaban J connectivity index is 2.22. The summed E-state index contributed by atoms with van der Waals surface area (Å²) < 4.78 is 6.83. The van der Waals surface area contributed by atoms with Crippen molar-refractivity contribution in [3.8, 4) is 5.75 Å². The molecule has 19 heavy (non-hydrogen) atoms. The van der Waals surface area contributed by atoms with Crippen LogP contribution in [0.1, 0.15) is 40.0 Å². The number of benzene rings is 1. The van der Waals surface area contributed by atoms with Crippen LogP contribution in [0.2, 0.25) is 0 Å². The van der Waals surface area contributed by atoms with E-state index >= 15 is 0 Å². The summed E-state index contributed by atoms with van der Waals surface area (Å²) >= 11 is 3.42. The Labute approximate surface area is 126 Å². The second kappa shape index (κ2) is 9.38. The van der Waals surface area contributed by atoms with Crippen molar-refractivity contribution in [1.29, 1.82) is 0 Å². The average molecular weight is 328 g/mol. The fourth-order valence-electron chi connectivity index (χ4n) is 2.21. The Bertz CT molecular complexity index is 337. The van der Waals surface area contributed by atoms with Gasteiger partial charge in [-0.3, -0.25) is 0 Å². The van der Waals surface area contributed by atoms with Gasteiger partial charge in [0.25, 0.3) is 0 Å². The molecule has 0 fully saturated rings. The Morgan fingerprint density at radius 3 is 2.47 bits per heavy atom. The third-order valence-electron chi connectivity index (χ3n) is 3.03. The maximum Gasteiger partial charge on any atom is 0.119 e. The van der Waals surface area contributed by atoms with Gasteiger partial charge >= 0.3 is 0 Å². The van der Waals surface area contributed by atoms with Crippen molar-refractivity contribution in [3.63, 3.8) is 0 Å². The largest absolute Gasteiger partial charge is 0.494 e. The quantitative estimate of drug-likeness (QED) is 0.667. The monoisotopic (exact) mass is 327 g/mol. The van der Waals surface area contributed by atoms with E-state index < -0.39 is 0 Å². The summed E-state index contributed by atoms with van der Waals surface area (Å²) in [4.78, 5) is 0. The number of nitrogens with one attached hydrogen (secondary N) is 1. The van der Waals surface area contributed by atoms with E-state index in [9.17, 15) is 0 Å². The van der Waals surface area contributed by atoms with E-state index in [2.05, 4.69) is 42.0 Å². The normalized spacial score (nSPS) is 12.7. The molecule has 0 heterocycles. The molecule has 0 aliphatic heterocycles. The van der Waals surface area contributed by atoms with Crippen molar-refractivity contribution >= 4 is 15.9 Å². The molecule has 0 bridgehead atoms. The Morgan fingerprint density at radius 1 is 1.21 bits per heavy atom. The average Bonchev–Trinajstić information content (AvgIpc) is 2.36. The highest BCUT2D eigenvalue weighted by atomic mass is 79.9. The molecule has 1 unspecified atom stereocenters. The van der Waals surface area contributed by atoms with Gasteiger partial charge in [-0.25, -0.2) is 0 Å². The van der Waals surface area contributed by atoms with Gasteiger partial charge in [-0.05, 0) is 56.0 Å².